The largest absolute Gasteiger partial charge is 0.493 e. The molecule has 0 aromatic heterocycles. The molecule has 2 aromatic rings. The molecule has 0 fully saturated rings. The summed E-state index contributed by atoms with van der Waals surface area (Å²) in [4.78, 5) is 12.8. The van der Waals surface area contributed by atoms with Gasteiger partial charge in [0.15, 0.2) is 0 Å². The molecule has 0 bridgehead atoms. The van der Waals surface area contributed by atoms with Crippen LogP contribution >= 0.6 is 11.6 Å². The highest BCUT2D eigenvalue weighted by atomic mass is 35.5. The van der Waals surface area contributed by atoms with Crippen LogP contribution in [0.3, 0.4) is 0 Å². The molecule has 0 spiro atoms. The number of anilines is 1. The van der Waals surface area contributed by atoms with Gasteiger partial charge in [0.1, 0.15) is 17.1 Å². The number of hydrogen-bond donors (Lipinski definition) is 1. The maximum atomic E-state index is 13.0. The average Bonchev–Trinajstić information content (AvgIpc) is 2.61. The van der Waals surface area contributed by atoms with Crippen molar-refractivity contribution in [1.29, 1.82) is 0 Å². The Morgan fingerprint density at radius 1 is 1.11 bits per heavy atom. The Kier molecular flexibility index (Phi) is 6.96. The molecule has 1 amide bonds. The van der Waals surface area contributed by atoms with Crippen LogP contribution in [-0.2, 0) is 6.18 Å². The van der Waals surface area contributed by atoms with Crippen LogP contribution in [0.15, 0.2) is 36.4 Å². The Morgan fingerprint density at radius 3 is 2.37 bits per heavy atom. The summed E-state index contributed by atoms with van der Waals surface area (Å²) >= 11 is 5.61. The Balaban J connectivity index is 2.37. The molecule has 0 aliphatic heterocycles. The lowest BCUT2D eigenvalue weighted by molar-refractivity contribution is -0.137. The third-order valence-electron chi connectivity index (χ3n) is 3.51. The predicted molar refractivity (Wildman–Crippen MR) is 97.8 cm³/mol. The quantitative estimate of drug-likeness (QED) is 0.638. The van der Waals surface area contributed by atoms with E-state index in [4.69, 9.17) is 21.1 Å². The van der Waals surface area contributed by atoms with Crippen LogP contribution in [0.1, 0.15) is 36.2 Å². The molecule has 0 atom stereocenters. The molecule has 146 valence electrons. The maximum Gasteiger partial charge on any atom is 0.417 e. The third-order valence-corrected chi connectivity index (χ3v) is 3.84. The zero-order chi connectivity index (χ0) is 20.0. The van der Waals surface area contributed by atoms with Gasteiger partial charge in [-0.2, -0.15) is 13.2 Å². The van der Waals surface area contributed by atoms with Crippen molar-refractivity contribution >= 4 is 23.2 Å². The van der Waals surface area contributed by atoms with Gasteiger partial charge in [0.25, 0.3) is 5.91 Å². The number of ether oxygens (including phenoxy) is 2. The maximum absolute atomic E-state index is 13.0. The van der Waals surface area contributed by atoms with E-state index in [0.29, 0.717) is 19.0 Å². The number of nitrogens with one attached hydrogen (secondary N) is 1. The average molecular weight is 402 g/mol. The first kappa shape index (κ1) is 20.9. The van der Waals surface area contributed by atoms with E-state index in [1.807, 2.05) is 6.92 Å². The van der Waals surface area contributed by atoms with Crippen molar-refractivity contribution < 1.29 is 27.4 Å². The van der Waals surface area contributed by atoms with Gasteiger partial charge < -0.3 is 14.8 Å². The molecule has 2 aromatic carbocycles. The van der Waals surface area contributed by atoms with Gasteiger partial charge in [-0.25, -0.2) is 0 Å². The van der Waals surface area contributed by atoms with Gasteiger partial charge in [0, 0.05) is 5.69 Å². The topological polar surface area (TPSA) is 47.6 Å². The second-order valence-electron chi connectivity index (χ2n) is 5.56. The molecule has 0 aliphatic rings. The Hall–Kier alpha value is -2.41. The molecule has 0 heterocycles. The van der Waals surface area contributed by atoms with Crippen LogP contribution in [-0.4, -0.2) is 19.1 Å². The molecule has 4 nitrogen and oxygen atoms in total. The minimum Gasteiger partial charge on any atom is -0.493 e. The molecule has 0 unspecified atom stereocenters. The van der Waals surface area contributed by atoms with E-state index in [1.165, 1.54) is 6.07 Å². The lowest BCUT2D eigenvalue weighted by atomic mass is 10.1. The van der Waals surface area contributed by atoms with Crippen molar-refractivity contribution in [3.8, 4) is 11.5 Å². The van der Waals surface area contributed by atoms with E-state index in [1.54, 1.807) is 25.1 Å². The summed E-state index contributed by atoms with van der Waals surface area (Å²) in [5, 5.41) is 2.01. The van der Waals surface area contributed by atoms with Crippen LogP contribution in [0.25, 0.3) is 0 Å². The summed E-state index contributed by atoms with van der Waals surface area (Å²) < 4.78 is 50.1. The summed E-state index contributed by atoms with van der Waals surface area (Å²) in [5.74, 6) is -0.0560. The van der Waals surface area contributed by atoms with E-state index in [-0.39, 0.29) is 17.0 Å². The fraction of sp³-hybridized carbons (Fsp3) is 0.316. The van der Waals surface area contributed by atoms with Crippen molar-refractivity contribution in [3.05, 3.63) is 52.5 Å². The number of rotatable bonds is 7. The SMILES string of the molecule is CCCOc1cccc(OCC)c1C(=O)Nc1ccc(Cl)c(C(F)(F)F)c1. The van der Waals surface area contributed by atoms with Crippen LogP contribution < -0.4 is 14.8 Å². The van der Waals surface area contributed by atoms with Crippen molar-refractivity contribution in [2.75, 3.05) is 18.5 Å². The van der Waals surface area contributed by atoms with Gasteiger partial charge >= 0.3 is 6.18 Å². The summed E-state index contributed by atoms with van der Waals surface area (Å²) in [5.41, 5.74) is -0.941. The van der Waals surface area contributed by atoms with Gasteiger partial charge in [-0.3, -0.25) is 4.79 Å². The standard InChI is InChI=1S/C19H19ClF3NO3/c1-3-10-27-16-7-5-6-15(26-4-2)17(16)18(25)24-12-8-9-14(20)13(11-12)19(21,22)23/h5-9,11H,3-4,10H2,1-2H3,(H,24,25). The van der Waals surface area contributed by atoms with E-state index < -0.39 is 22.7 Å². The zero-order valence-corrected chi connectivity index (χ0v) is 15.6. The molecular formula is C19H19ClF3NO3. The fourth-order valence-electron chi connectivity index (χ4n) is 2.36. The molecule has 0 aliphatic carbocycles. The number of carbonyl (C=O) groups is 1. The Bertz CT molecular complexity index is 809. The van der Waals surface area contributed by atoms with Gasteiger partial charge in [0.2, 0.25) is 0 Å². The van der Waals surface area contributed by atoms with E-state index in [2.05, 4.69) is 5.32 Å². The van der Waals surface area contributed by atoms with Crippen LogP contribution in [0.2, 0.25) is 5.02 Å². The van der Waals surface area contributed by atoms with Crippen molar-refractivity contribution in [2.24, 2.45) is 0 Å². The first-order chi connectivity index (χ1) is 12.8. The van der Waals surface area contributed by atoms with Crippen LogP contribution in [0.4, 0.5) is 18.9 Å². The van der Waals surface area contributed by atoms with Gasteiger partial charge in [-0.05, 0) is 43.7 Å². The molecule has 27 heavy (non-hydrogen) atoms. The Labute approximate surface area is 160 Å². The lowest BCUT2D eigenvalue weighted by Gasteiger charge is -2.16. The molecule has 8 heteroatoms. The minimum absolute atomic E-state index is 0.0375. The monoisotopic (exact) mass is 401 g/mol. The van der Waals surface area contributed by atoms with E-state index in [9.17, 15) is 18.0 Å². The highest BCUT2D eigenvalue weighted by Gasteiger charge is 2.33. The number of alkyl halides is 3. The second kappa shape index (κ2) is 8.99. The Morgan fingerprint density at radius 2 is 1.78 bits per heavy atom. The minimum atomic E-state index is -4.63. The molecule has 2 rings (SSSR count). The molecule has 0 saturated carbocycles. The predicted octanol–water partition coefficient (Wildman–Crippen LogP) is 5.80. The smallest absolute Gasteiger partial charge is 0.417 e. The molecular weight excluding hydrogens is 383 g/mol. The van der Waals surface area contributed by atoms with Crippen molar-refractivity contribution in [3.63, 3.8) is 0 Å². The van der Waals surface area contributed by atoms with Gasteiger partial charge in [0.05, 0.1) is 23.8 Å². The third kappa shape index (κ3) is 5.29. The number of carbonyl (C=O) groups excluding carboxylic acids is 1. The van der Waals surface area contributed by atoms with Gasteiger partial charge in [-0.15, -0.1) is 0 Å². The first-order valence-corrected chi connectivity index (χ1v) is 8.72. The highest BCUT2D eigenvalue weighted by molar-refractivity contribution is 6.31. The second-order valence-corrected chi connectivity index (χ2v) is 5.96. The summed E-state index contributed by atoms with van der Waals surface area (Å²) in [6.07, 6.45) is -3.90. The number of benzene rings is 2. The number of halogens is 4. The summed E-state index contributed by atoms with van der Waals surface area (Å²) in [6.45, 7) is 4.38. The normalized spacial score (nSPS) is 11.2. The molecule has 0 radical (unpaired) electrons. The van der Waals surface area contributed by atoms with Crippen molar-refractivity contribution in [2.45, 2.75) is 26.4 Å². The van der Waals surface area contributed by atoms with Crippen LogP contribution in [0, 0.1) is 0 Å². The van der Waals surface area contributed by atoms with E-state index in [0.717, 1.165) is 18.6 Å². The van der Waals surface area contributed by atoms with Crippen molar-refractivity contribution in [1.82, 2.24) is 0 Å². The summed E-state index contributed by atoms with van der Waals surface area (Å²) in [7, 11) is 0. The van der Waals surface area contributed by atoms with E-state index >= 15 is 0 Å². The zero-order valence-electron chi connectivity index (χ0n) is 14.8. The number of amides is 1. The first-order valence-electron chi connectivity index (χ1n) is 8.34. The number of hydrogen-bond acceptors (Lipinski definition) is 3. The molecule has 1 N–H and O–H groups in total. The van der Waals surface area contributed by atoms with Crippen LogP contribution in [0.5, 0.6) is 11.5 Å². The molecule has 0 saturated heterocycles. The summed E-state index contributed by atoms with van der Waals surface area (Å²) in [6, 6.07) is 8.05. The fourth-order valence-corrected chi connectivity index (χ4v) is 2.58. The van der Waals surface area contributed by atoms with Gasteiger partial charge in [-0.1, -0.05) is 24.6 Å². The highest BCUT2D eigenvalue weighted by Crippen LogP contribution is 2.37. The lowest BCUT2D eigenvalue weighted by Crippen LogP contribution is -2.16.